The summed E-state index contributed by atoms with van der Waals surface area (Å²) in [5.74, 6) is 0.0498. The Morgan fingerprint density at radius 2 is 2.24 bits per heavy atom. The Morgan fingerprint density at radius 1 is 1.36 bits per heavy atom. The molecule has 1 atom stereocenters. The maximum absolute atomic E-state index is 12.6. The van der Waals surface area contributed by atoms with Crippen molar-refractivity contribution in [2.75, 3.05) is 13.1 Å². The second kappa shape index (κ2) is 6.16. The Labute approximate surface area is 144 Å². The number of carbonyl (C=O) groups is 1. The maximum Gasteiger partial charge on any atom is 0.274 e. The Morgan fingerprint density at radius 3 is 3.04 bits per heavy atom. The molecule has 4 heterocycles. The molecule has 0 spiro atoms. The van der Waals surface area contributed by atoms with Gasteiger partial charge < -0.3 is 9.88 Å². The van der Waals surface area contributed by atoms with Gasteiger partial charge in [-0.2, -0.15) is 5.10 Å². The Bertz CT molecular complexity index is 990. The van der Waals surface area contributed by atoms with Crippen LogP contribution in [0.3, 0.4) is 0 Å². The van der Waals surface area contributed by atoms with Crippen LogP contribution < -0.4 is 5.56 Å². The highest BCUT2D eigenvalue weighted by molar-refractivity contribution is 5.92. The van der Waals surface area contributed by atoms with Crippen LogP contribution in [0.5, 0.6) is 0 Å². The number of hydrogen-bond donors (Lipinski definition) is 1. The molecule has 1 saturated heterocycles. The molecule has 1 fully saturated rings. The van der Waals surface area contributed by atoms with Crippen molar-refractivity contribution in [1.29, 1.82) is 0 Å². The number of carbonyl (C=O) groups excluding carboxylic acids is 1. The van der Waals surface area contributed by atoms with Crippen molar-refractivity contribution in [3.63, 3.8) is 0 Å². The maximum atomic E-state index is 12.6. The molecule has 25 heavy (non-hydrogen) atoms. The van der Waals surface area contributed by atoms with Gasteiger partial charge in [0.25, 0.3) is 11.5 Å². The third-order valence-corrected chi connectivity index (χ3v) is 4.70. The molecule has 1 N–H and O–H groups in total. The first-order valence-corrected chi connectivity index (χ1v) is 8.39. The zero-order chi connectivity index (χ0) is 17.4. The Hall–Kier alpha value is -2.96. The van der Waals surface area contributed by atoms with E-state index in [1.807, 2.05) is 23.1 Å². The number of likely N-dealkylation sites (tertiary alicyclic amines) is 1. The third-order valence-electron chi connectivity index (χ3n) is 4.70. The molecule has 1 aliphatic heterocycles. The number of fused-ring (bicyclic) bond motifs is 1. The van der Waals surface area contributed by atoms with Crippen LogP contribution in [-0.4, -0.2) is 43.6 Å². The second-order valence-electron chi connectivity index (χ2n) is 6.46. The fourth-order valence-electron chi connectivity index (χ4n) is 3.44. The predicted octanol–water partition coefficient (Wildman–Crippen LogP) is 1.68. The number of aryl methyl sites for hydroxylation is 1. The van der Waals surface area contributed by atoms with E-state index in [0.717, 1.165) is 23.9 Å². The summed E-state index contributed by atoms with van der Waals surface area (Å²) in [6.07, 6.45) is 5.22. The van der Waals surface area contributed by atoms with Crippen LogP contribution in [0.2, 0.25) is 0 Å². The minimum Gasteiger partial charge on any atom is -0.337 e. The van der Waals surface area contributed by atoms with Gasteiger partial charge in [-0.3, -0.25) is 19.3 Å². The molecule has 7 nitrogen and oxygen atoms in total. The number of aromatic nitrogens is 4. The Balaban J connectivity index is 1.61. The smallest absolute Gasteiger partial charge is 0.274 e. The van der Waals surface area contributed by atoms with Gasteiger partial charge in [0.05, 0.1) is 0 Å². The van der Waals surface area contributed by atoms with Crippen LogP contribution in [0.25, 0.3) is 10.9 Å². The Kier molecular flexibility index (Phi) is 3.83. The molecule has 0 radical (unpaired) electrons. The molecule has 1 aliphatic rings. The molecule has 3 aromatic heterocycles. The van der Waals surface area contributed by atoms with Gasteiger partial charge in [0.1, 0.15) is 11.2 Å². The first-order chi connectivity index (χ1) is 12.1. The molecule has 3 aromatic rings. The number of nitrogens with zero attached hydrogens (tertiary/aromatic N) is 4. The van der Waals surface area contributed by atoms with Gasteiger partial charge in [-0.05, 0) is 31.0 Å². The summed E-state index contributed by atoms with van der Waals surface area (Å²) in [5, 5.41) is 5.03. The van der Waals surface area contributed by atoms with Crippen LogP contribution >= 0.6 is 0 Å². The third kappa shape index (κ3) is 2.93. The minimum absolute atomic E-state index is 0.0601. The lowest BCUT2D eigenvalue weighted by Gasteiger charge is -2.32. The summed E-state index contributed by atoms with van der Waals surface area (Å²) in [6, 6.07) is 7.42. The molecule has 0 aromatic carbocycles. The molecular formula is C18H19N5O2. The molecule has 7 heteroatoms. The fraction of sp³-hybridized carbons (Fsp3) is 0.333. The van der Waals surface area contributed by atoms with E-state index in [0.29, 0.717) is 24.3 Å². The van der Waals surface area contributed by atoms with Gasteiger partial charge in [-0.1, -0.05) is 6.07 Å². The average molecular weight is 337 g/mol. The number of nitrogens with one attached hydrogen (secondary N) is 1. The predicted molar refractivity (Wildman–Crippen MR) is 93.5 cm³/mol. The molecule has 4 rings (SSSR count). The highest BCUT2D eigenvalue weighted by Gasteiger charge is 2.27. The number of amides is 1. The standard InChI is InChI=1S/C18H19N5O2/c1-22-9-6-14(21-22)18(25)23-8-3-5-13(11-23)15-10-12-4-2-7-19-16(12)17(24)20-15/h2,4,6-7,9-10,13H,3,5,8,11H2,1H3,(H,20,24). The fourth-order valence-corrected chi connectivity index (χ4v) is 3.44. The van der Waals surface area contributed by atoms with Crippen molar-refractivity contribution in [3.05, 3.63) is 58.4 Å². The number of rotatable bonds is 2. The largest absolute Gasteiger partial charge is 0.337 e. The van der Waals surface area contributed by atoms with E-state index in [2.05, 4.69) is 15.1 Å². The summed E-state index contributed by atoms with van der Waals surface area (Å²) in [4.78, 5) is 33.8. The van der Waals surface area contributed by atoms with Crippen LogP contribution in [0.15, 0.2) is 41.5 Å². The average Bonchev–Trinajstić information content (AvgIpc) is 3.07. The van der Waals surface area contributed by atoms with Gasteiger partial charge in [0.2, 0.25) is 0 Å². The van der Waals surface area contributed by atoms with E-state index in [1.54, 1.807) is 30.2 Å². The van der Waals surface area contributed by atoms with Crippen molar-refractivity contribution < 1.29 is 4.79 Å². The van der Waals surface area contributed by atoms with E-state index >= 15 is 0 Å². The summed E-state index contributed by atoms with van der Waals surface area (Å²) in [5.41, 5.74) is 1.59. The number of H-pyrrole nitrogens is 1. The van der Waals surface area contributed by atoms with E-state index < -0.39 is 0 Å². The summed E-state index contributed by atoms with van der Waals surface area (Å²) in [7, 11) is 1.80. The SMILES string of the molecule is Cn1ccc(C(=O)N2CCCC(c3cc4cccnc4c(=O)[nH]3)C2)n1. The molecule has 0 aliphatic carbocycles. The summed E-state index contributed by atoms with van der Waals surface area (Å²) >= 11 is 0. The first kappa shape index (κ1) is 15.6. The van der Waals surface area contributed by atoms with Crippen LogP contribution in [0.1, 0.15) is 34.9 Å². The van der Waals surface area contributed by atoms with Gasteiger partial charge in [0.15, 0.2) is 0 Å². The van der Waals surface area contributed by atoms with Crippen LogP contribution in [0, 0.1) is 0 Å². The van der Waals surface area contributed by atoms with Crippen molar-refractivity contribution in [2.45, 2.75) is 18.8 Å². The molecule has 128 valence electrons. The lowest BCUT2D eigenvalue weighted by Crippen LogP contribution is -2.39. The van der Waals surface area contributed by atoms with Crippen molar-refractivity contribution in [3.8, 4) is 0 Å². The molecule has 1 unspecified atom stereocenters. The molecule has 0 bridgehead atoms. The van der Waals surface area contributed by atoms with Crippen LogP contribution in [-0.2, 0) is 7.05 Å². The monoisotopic (exact) mass is 337 g/mol. The zero-order valence-electron chi connectivity index (χ0n) is 14.0. The molecule has 0 saturated carbocycles. The molecular weight excluding hydrogens is 318 g/mol. The van der Waals surface area contributed by atoms with Crippen LogP contribution in [0.4, 0.5) is 0 Å². The number of aromatic amines is 1. The molecule has 1 amide bonds. The highest BCUT2D eigenvalue weighted by Crippen LogP contribution is 2.27. The van der Waals surface area contributed by atoms with E-state index in [4.69, 9.17) is 0 Å². The topological polar surface area (TPSA) is 83.9 Å². The van der Waals surface area contributed by atoms with Gasteiger partial charge in [-0.15, -0.1) is 0 Å². The highest BCUT2D eigenvalue weighted by atomic mass is 16.2. The van der Waals surface area contributed by atoms with Crippen molar-refractivity contribution in [2.24, 2.45) is 7.05 Å². The van der Waals surface area contributed by atoms with E-state index in [-0.39, 0.29) is 17.4 Å². The van der Waals surface area contributed by atoms with Crippen molar-refractivity contribution >= 4 is 16.8 Å². The van der Waals surface area contributed by atoms with E-state index in [9.17, 15) is 9.59 Å². The van der Waals surface area contributed by atoms with E-state index in [1.165, 1.54) is 0 Å². The number of piperidine rings is 1. The van der Waals surface area contributed by atoms with Crippen molar-refractivity contribution in [1.82, 2.24) is 24.6 Å². The minimum atomic E-state index is -0.179. The quantitative estimate of drug-likeness (QED) is 0.771. The zero-order valence-corrected chi connectivity index (χ0v) is 14.0. The lowest BCUT2D eigenvalue weighted by molar-refractivity contribution is 0.0699. The normalized spacial score (nSPS) is 17.8. The summed E-state index contributed by atoms with van der Waals surface area (Å²) < 4.78 is 1.63. The van der Waals surface area contributed by atoms with Gasteiger partial charge >= 0.3 is 0 Å². The second-order valence-corrected chi connectivity index (χ2v) is 6.46. The number of pyridine rings is 2. The lowest BCUT2D eigenvalue weighted by atomic mass is 9.93. The first-order valence-electron chi connectivity index (χ1n) is 8.39. The van der Waals surface area contributed by atoms with Gasteiger partial charge in [-0.25, -0.2) is 0 Å². The van der Waals surface area contributed by atoms with Gasteiger partial charge in [0, 0.05) is 49.5 Å². The number of hydrogen-bond acceptors (Lipinski definition) is 4. The summed E-state index contributed by atoms with van der Waals surface area (Å²) in [6.45, 7) is 1.29.